The van der Waals surface area contributed by atoms with Gasteiger partial charge in [-0.15, -0.1) is 11.8 Å². The minimum atomic E-state index is 0.728. The van der Waals surface area contributed by atoms with Gasteiger partial charge in [-0.1, -0.05) is 13.8 Å². The van der Waals surface area contributed by atoms with Crippen molar-refractivity contribution < 1.29 is 0 Å². The van der Waals surface area contributed by atoms with Crippen molar-refractivity contribution in [1.82, 2.24) is 14.4 Å². The monoisotopic (exact) mass is 250 g/mol. The molecule has 0 saturated carbocycles. The Morgan fingerprint density at radius 2 is 2.29 bits per heavy atom. The first-order chi connectivity index (χ1) is 8.20. The lowest BCUT2D eigenvalue weighted by Crippen LogP contribution is -1.99. The molecule has 0 spiro atoms. The van der Waals surface area contributed by atoms with E-state index in [1.807, 2.05) is 30.0 Å². The number of nitrogens with one attached hydrogen (secondary N) is 1. The molecule has 0 amide bonds. The molecule has 2 aromatic rings. The van der Waals surface area contributed by atoms with Crippen molar-refractivity contribution in [3.8, 4) is 0 Å². The maximum Gasteiger partial charge on any atom is 0.169 e. The molecule has 92 valence electrons. The molecule has 2 aromatic heterocycles. The molecule has 1 N–H and O–H groups in total. The molecule has 0 fully saturated rings. The van der Waals surface area contributed by atoms with Crippen molar-refractivity contribution in [2.24, 2.45) is 5.92 Å². The van der Waals surface area contributed by atoms with Crippen LogP contribution >= 0.6 is 11.8 Å². The average Bonchev–Trinajstić information content (AvgIpc) is 2.76. The van der Waals surface area contributed by atoms with Gasteiger partial charge in [0.2, 0.25) is 0 Å². The summed E-state index contributed by atoms with van der Waals surface area (Å²) in [6.45, 7) is 4.48. The highest BCUT2D eigenvalue weighted by Crippen LogP contribution is 2.24. The molecular weight excluding hydrogens is 232 g/mol. The molecule has 0 aliphatic heterocycles. The van der Waals surface area contributed by atoms with E-state index in [0.29, 0.717) is 0 Å². The van der Waals surface area contributed by atoms with Crippen molar-refractivity contribution in [1.29, 1.82) is 0 Å². The SMILES string of the molecule is CNc1cn2ccnc2c(SCCC(C)C)n1. The summed E-state index contributed by atoms with van der Waals surface area (Å²) in [6, 6.07) is 0. The third kappa shape index (κ3) is 2.91. The van der Waals surface area contributed by atoms with Crippen LogP contribution in [0.2, 0.25) is 0 Å². The topological polar surface area (TPSA) is 42.2 Å². The van der Waals surface area contributed by atoms with Gasteiger partial charge in [0, 0.05) is 19.4 Å². The third-order valence-electron chi connectivity index (χ3n) is 2.53. The molecule has 2 heterocycles. The molecule has 0 unspecified atom stereocenters. The van der Waals surface area contributed by atoms with Crippen molar-refractivity contribution in [2.45, 2.75) is 25.3 Å². The number of anilines is 1. The van der Waals surface area contributed by atoms with E-state index < -0.39 is 0 Å². The fraction of sp³-hybridized carbons (Fsp3) is 0.500. The second-order valence-electron chi connectivity index (χ2n) is 4.37. The Morgan fingerprint density at radius 3 is 3.00 bits per heavy atom. The van der Waals surface area contributed by atoms with Gasteiger partial charge < -0.3 is 9.72 Å². The van der Waals surface area contributed by atoms with Gasteiger partial charge >= 0.3 is 0 Å². The molecule has 0 aliphatic rings. The van der Waals surface area contributed by atoms with Gasteiger partial charge in [-0.3, -0.25) is 0 Å². The zero-order valence-electron chi connectivity index (χ0n) is 10.5. The van der Waals surface area contributed by atoms with Crippen LogP contribution < -0.4 is 5.32 Å². The summed E-state index contributed by atoms with van der Waals surface area (Å²) in [5.74, 6) is 2.69. The average molecular weight is 250 g/mol. The first kappa shape index (κ1) is 12.2. The summed E-state index contributed by atoms with van der Waals surface area (Å²) in [5.41, 5.74) is 0.942. The molecular formula is C12H18N4S. The van der Waals surface area contributed by atoms with Crippen LogP contribution in [0.3, 0.4) is 0 Å². The Labute approximate surface area is 106 Å². The van der Waals surface area contributed by atoms with Crippen LogP contribution in [0.15, 0.2) is 23.6 Å². The second kappa shape index (κ2) is 5.40. The molecule has 4 nitrogen and oxygen atoms in total. The maximum atomic E-state index is 4.56. The van der Waals surface area contributed by atoms with Crippen molar-refractivity contribution in [2.75, 3.05) is 18.1 Å². The highest BCUT2D eigenvalue weighted by Gasteiger charge is 2.07. The highest BCUT2D eigenvalue weighted by atomic mass is 32.2. The zero-order chi connectivity index (χ0) is 12.3. The summed E-state index contributed by atoms with van der Waals surface area (Å²) in [5, 5.41) is 4.08. The molecule has 0 aromatic carbocycles. The van der Waals surface area contributed by atoms with E-state index in [4.69, 9.17) is 0 Å². The van der Waals surface area contributed by atoms with Crippen LogP contribution in [-0.4, -0.2) is 27.2 Å². The molecule has 0 bridgehead atoms. The minimum Gasteiger partial charge on any atom is -0.372 e. The summed E-state index contributed by atoms with van der Waals surface area (Å²) in [7, 11) is 1.88. The number of imidazole rings is 1. The van der Waals surface area contributed by atoms with Gasteiger partial charge in [-0.25, -0.2) is 9.97 Å². The molecule has 0 atom stereocenters. The lowest BCUT2D eigenvalue weighted by molar-refractivity contribution is 0.632. The van der Waals surface area contributed by atoms with E-state index in [9.17, 15) is 0 Å². The van der Waals surface area contributed by atoms with Crippen LogP contribution in [0.1, 0.15) is 20.3 Å². The first-order valence-electron chi connectivity index (χ1n) is 5.85. The molecule has 17 heavy (non-hydrogen) atoms. The number of rotatable bonds is 5. The molecule has 0 aliphatic carbocycles. The lowest BCUT2D eigenvalue weighted by atomic mass is 10.2. The van der Waals surface area contributed by atoms with Crippen LogP contribution in [0, 0.1) is 5.92 Å². The Hall–Kier alpha value is -1.23. The standard InChI is InChI=1S/C12H18N4S/c1-9(2)4-7-17-12-11-14-5-6-16(11)8-10(13-3)15-12/h5-6,8-9,13H,4,7H2,1-3H3. The van der Waals surface area contributed by atoms with Crippen LogP contribution in [0.4, 0.5) is 5.82 Å². The number of thioether (sulfide) groups is 1. The number of fused-ring (bicyclic) bond motifs is 1. The zero-order valence-corrected chi connectivity index (χ0v) is 11.3. The third-order valence-corrected chi connectivity index (χ3v) is 3.52. The van der Waals surface area contributed by atoms with Gasteiger partial charge in [0.15, 0.2) is 5.65 Å². The fourth-order valence-electron chi connectivity index (χ4n) is 1.51. The minimum absolute atomic E-state index is 0.728. The Kier molecular flexibility index (Phi) is 3.89. The molecule has 2 rings (SSSR count). The lowest BCUT2D eigenvalue weighted by Gasteiger charge is -2.07. The smallest absolute Gasteiger partial charge is 0.169 e. The first-order valence-corrected chi connectivity index (χ1v) is 6.83. The Morgan fingerprint density at radius 1 is 1.47 bits per heavy atom. The van der Waals surface area contributed by atoms with E-state index in [1.54, 1.807) is 11.8 Å². The summed E-state index contributed by atoms with van der Waals surface area (Å²) < 4.78 is 2.01. The Balaban J connectivity index is 2.21. The van der Waals surface area contributed by atoms with Gasteiger partial charge in [-0.05, 0) is 18.1 Å². The largest absolute Gasteiger partial charge is 0.372 e. The van der Waals surface area contributed by atoms with E-state index in [2.05, 4.69) is 29.1 Å². The molecule has 5 heteroatoms. The molecule has 0 saturated heterocycles. The van der Waals surface area contributed by atoms with Crippen LogP contribution in [0.25, 0.3) is 5.65 Å². The summed E-state index contributed by atoms with van der Waals surface area (Å²) >= 11 is 1.78. The quantitative estimate of drug-likeness (QED) is 0.829. The number of nitrogens with zero attached hydrogens (tertiary/aromatic N) is 3. The van der Waals surface area contributed by atoms with Gasteiger partial charge in [0.1, 0.15) is 10.8 Å². The number of aromatic nitrogens is 3. The summed E-state index contributed by atoms with van der Waals surface area (Å²) in [6.07, 6.45) is 6.91. The summed E-state index contributed by atoms with van der Waals surface area (Å²) in [4.78, 5) is 8.90. The molecule has 0 radical (unpaired) electrons. The van der Waals surface area contributed by atoms with E-state index in [1.165, 1.54) is 6.42 Å². The highest BCUT2D eigenvalue weighted by molar-refractivity contribution is 7.99. The Bertz CT molecular complexity index is 492. The van der Waals surface area contributed by atoms with E-state index in [-0.39, 0.29) is 0 Å². The predicted octanol–water partition coefficient (Wildman–Crippen LogP) is 2.91. The number of hydrogen-bond acceptors (Lipinski definition) is 4. The van der Waals surface area contributed by atoms with Gasteiger partial charge in [0.05, 0.1) is 6.20 Å². The number of hydrogen-bond donors (Lipinski definition) is 1. The van der Waals surface area contributed by atoms with E-state index in [0.717, 1.165) is 28.2 Å². The van der Waals surface area contributed by atoms with Crippen LogP contribution in [-0.2, 0) is 0 Å². The van der Waals surface area contributed by atoms with Crippen molar-refractivity contribution in [3.63, 3.8) is 0 Å². The fourth-order valence-corrected chi connectivity index (χ4v) is 2.74. The predicted molar refractivity (Wildman–Crippen MR) is 72.7 cm³/mol. The van der Waals surface area contributed by atoms with Crippen molar-refractivity contribution in [3.05, 3.63) is 18.6 Å². The van der Waals surface area contributed by atoms with Crippen molar-refractivity contribution >= 4 is 23.2 Å². The van der Waals surface area contributed by atoms with Crippen LogP contribution in [0.5, 0.6) is 0 Å². The normalized spacial score (nSPS) is 11.3. The van der Waals surface area contributed by atoms with E-state index >= 15 is 0 Å². The maximum absolute atomic E-state index is 4.56. The van der Waals surface area contributed by atoms with Gasteiger partial charge in [-0.2, -0.15) is 0 Å². The second-order valence-corrected chi connectivity index (χ2v) is 5.45. The van der Waals surface area contributed by atoms with Gasteiger partial charge in [0.25, 0.3) is 0 Å².